The molecule has 166 valence electrons. The monoisotopic (exact) mass is 446 g/mol. The number of carbonyl (C=O) groups is 1. The molecule has 0 aliphatic carbocycles. The van der Waals surface area contributed by atoms with E-state index >= 15 is 0 Å². The molecule has 0 aromatic heterocycles. The number of aryl methyl sites for hydroxylation is 1. The molecule has 0 fully saturated rings. The first-order valence-electron chi connectivity index (χ1n) is 9.56. The quantitative estimate of drug-likeness (QED) is 0.162. The molecule has 7 nitrogen and oxygen atoms in total. The molecule has 2 rings (SSSR count). The number of nitrogens with zero attached hydrogens (tertiary/aromatic N) is 2. The smallest absolute Gasteiger partial charge is 0.415 e. The Hall–Kier alpha value is -3.03. The van der Waals surface area contributed by atoms with E-state index in [0.29, 0.717) is 28.6 Å². The van der Waals surface area contributed by atoms with Gasteiger partial charge in [0.15, 0.2) is 0 Å². The molecule has 0 aliphatic heterocycles. The maximum absolute atomic E-state index is 12.2. The summed E-state index contributed by atoms with van der Waals surface area (Å²) in [5, 5.41) is 4.53. The summed E-state index contributed by atoms with van der Waals surface area (Å²) in [4.78, 5) is 18.7. The molecule has 2 aromatic rings. The lowest BCUT2D eigenvalue weighted by Crippen LogP contribution is -2.33. The highest BCUT2D eigenvalue weighted by Gasteiger charge is 2.21. The number of oxime groups is 1. The topological polar surface area (TPSA) is 69.6 Å². The van der Waals surface area contributed by atoms with Crippen molar-refractivity contribution in [1.82, 2.24) is 0 Å². The summed E-state index contributed by atoms with van der Waals surface area (Å²) >= 11 is 6.42. The van der Waals surface area contributed by atoms with E-state index in [1.165, 1.54) is 19.1 Å². The molecule has 0 aliphatic rings. The van der Waals surface area contributed by atoms with Gasteiger partial charge in [-0.1, -0.05) is 35.5 Å². The maximum Gasteiger partial charge on any atom is 0.415 e. The van der Waals surface area contributed by atoms with Crippen LogP contribution in [0.15, 0.2) is 54.2 Å². The van der Waals surface area contributed by atoms with Crippen molar-refractivity contribution in [1.29, 1.82) is 0 Å². The number of carbonyl (C=O) groups excluding carboxylic acids is 1. The van der Waals surface area contributed by atoms with Gasteiger partial charge in [-0.25, -0.2) is 4.79 Å². The lowest BCUT2D eigenvalue weighted by molar-refractivity contribution is 0.153. The van der Waals surface area contributed by atoms with Crippen LogP contribution < -0.4 is 9.64 Å². The fraction of sp³-hybridized carbons (Fsp3) is 0.304. The minimum atomic E-state index is -0.556. The second kappa shape index (κ2) is 12.0. The molecule has 0 heterocycles. The Morgan fingerprint density at radius 1 is 1.26 bits per heavy atom. The first-order chi connectivity index (χ1) is 14.9. The molecule has 31 heavy (non-hydrogen) atoms. The Morgan fingerprint density at radius 3 is 2.68 bits per heavy atom. The number of amides is 1. The van der Waals surface area contributed by atoms with Crippen molar-refractivity contribution in [2.24, 2.45) is 5.16 Å². The van der Waals surface area contributed by atoms with Crippen molar-refractivity contribution in [3.8, 4) is 5.75 Å². The average Bonchev–Trinajstić information content (AvgIpc) is 2.76. The normalized spacial score (nSPS) is 11.1. The molecular formula is C23H27ClN2O5. The molecule has 0 bridgehead atoms. The molecule has 0 unspecified atom stereocenters. The Kier molecular flexibility index (Phi) is 9.37. The van der Waals surface area contributed by atoms with Crippen molar-refractivity contribution in [2.75, 3.05) is 32.5 Å². The number of rotatable bonds is 10. The van der Waals surface area contributed by atoms with E-state index in [0.717, 1.165) is 16.8 Å². The molecule has 0 spiro atoms. The van der Waals surface area contributed by atoms with Crippen LogP contribution in [0.1, 0.15) is 23.6 Å². The van der Waals surface area contributed by atoms with Crippen molar-refractivity contribution in [3.05, 3.63) is 70.8 Å². The SMILES string of the molecule is C=CCON=C(C)c1ccc(OCc2c(Cl)cccc2N(COC)C(=O)OC)c(C)c1. The Balaban J connectivity index is 2.24. The zero-order chi connectivity index (χ0) is 22.8. The number of halogens is 1. The summed E-state index contributed by atoms with van der Waals surface area (Å²) in [6.45, 7) is 7.92. The van der Waals surface area contributed by atoms with Gasteiger partial charge in [0.05, 0.1) is 18.5 Å². The Bertz CT molecular complexity index is 946. The van der Waals surface area contributed by atoms with Gasteiger partial charge >= 0.3 is 6.09 Å². The molecule has 0 saturated heterocycles. The van der Waals surface area contributed by atoms with E-state index in [4.69, 9.17) is 30.6 Å². The largest absolute Gasteiger partial charge is 0.488 e. The van der Waals surface area contributed by atoms with E-state index in [-0.39, 0.29) is 13.3 Å². The van der Waals surface area contributed by atoms with Crippen molar-refractivity contribution < 1.29 is 23.8 Å². The van der Waals surface area contributed by atoms with Crippen molar-refractivity contribution >= 4 is 29.1 Å². The minimum absolute atomic E-state index is 0.0142. The Labute approximate surface area is 187 Å². The molecule has 1 amide bonds. The lowest BCUT2D eigenvalue weighted by Gasteiger charge is -2.24. The lowest BCUT2D eigenvalue weighted by atomic mass is 10.1. The number of benzene rings is 2. The summed E-state index contributed by atoms with van der Waals surface area (Å²) < 4.78 is 16.0. The fourth-order valence-electron chi connectivity index (χ4n) is 2.83. The first kappa shape index (κ1) is 24.2. The van der Waals surface area contributed by atoms with Gasteiger partial charge in [-0.2, -0.15) is 0 Å². The maximum atomic E-state index is 12.2. The van der Waals surface area contributed by atoms with Gasteiger partial charge in [-0.05, 0) is 55.3 Å². The third-order valence-electron chi connectivity index (χ3n) is 4.40. The van der Waals surface area contributed by atoms with Gasteiger partial charge in [-0.15, -0.1) is 0 Å². The minimum Gasteiger partial charge on any atom is -0.488 e. The van der Waals surface area contributed by atoms with Crippen LogP contribution >= 0.6 is 11.6 Å². The standard InChI is InChI=1S/C23H27ClN2O5/c1-6-12-31-25-17(3)18-10-11-22(16(2)13-18)30-14-19-20(24)8-7-9-21(19)26(15-28-4)23(27)29-5/h6-11,13H,1,12,14-15H2,2-5H3. The van der Waals surface area contributed by atoms with E-state index in [1.54, 1.807) is 24.3 Å². The summed E-state index contributed by atoms with van der Waals surface area (Å²) in [7, 11) is 2.81. The van der Waals surface area contributed by atoms with E-state index in [9.17, 15) is 4.79 Å². The van der Waals surface area contributed by atoms with Crippen LogP contribution in [0.25, 0.3) is 0 Å². The summed E-state index contributed by atoms with van der Waals surface area (Å²) in [6, 6.07) is 11.0. The number of ether oxygens (including phenoxy) is 3. The van der Waals surface area contributed by atoms with Gasteiger partial charge in [-0.3, -0.25) is 4.90 Å². The molecular weight excluding hydrogens is 420 g/mol. The highest BCUT2D eigenvalue weighted by Crippen LogP contribution is 2.30. The fourth-order valence-corrected chi connectivity index (χ4v) is 3.05. The van der Waals surface area contributed by atoms with Gasteiger partial charge in [0.1, 0.15) is 25.7 Å². The third-order valence-corrected chi connectivity index (χ3v) is 4.75. The van der Waals surface area contributed by atoms with Gasteiger partial charge in [0.25, 0.3) is 0 Å². The molecule has 2 aromatic carbocycles. The van der Waals surface area contributed by atoms with Crippen molar-refractivity contribution in [3.63, 3.8) is 0 Å². The number of anilines is 1. The average molecular weight is 447 g/mol. The summed E-state index contributed by atoms with van der Waals surface area (Å²) in [6.07, 6.45) is 1.08. The van der Waals surface area contributed by atoms with Gasteiger partial charge in [0.2, 0.25) is 0 Å². The van der Waals surface area contributed by atoms with Crippen LogP contribution in [0.4, 0.5) is 10.5 Å². The highest BCUT2D eigenvalue weighted by atomic mass is 35.5. The summed E-state index contributed by atoms with van der Waals surface area (Å²) in [5.41, 5.74) is 3.79. The van der Waals surface area contributed by atoms with Crippen LogP contribution in [0.3, 0.4) is 0 Å². The first-order valence-corrected chi connectivity index (χ1v) is 9.93. The molecule has 0 radical (unpaired) electrons. The van der Waals surface area contributed by atoms with Crippen LogP contribution in [-0.2, 0) is 20.9 Å². The molecule has 0 atom stereocenters. The molecule has 8 heteroatoms. The highest BCUT2D eigenvalue weighted by molar-refractivity contribution is 6.31. The summed E-state index contributed by atoms with van der Waals surface area (Å²) in [5.74, 6) is 0.686. The zero-order valence-electron chi connectivity index (χ0n) is 18.2. The van der Waals surface area contributed by atoms with E-state index < -0.39 is 6.09 Å². The van der Waals surface area contributed by atoms with E-state index in [2.05, 4.69) is 11.7 Å². The van der Waals surface area contributed by atoms with Crippen LogP contribution in [-0.4, -0.2) is 39.4 Å². The number of methoxy groups -OCH3 is 2. The van der Waals surface area contributed by atoms with Crippen LogP contribution in [0.5, 0.6) is 5.75 Å². The predicted molar refractivity (Wildman–Crippen MR) is 122 cm³/mol. The second-order valence-corrected chi connectivity index (χ2v) is 6.99. The van der Waals surface area contributed by atoms with E-state index in [1.807, 2.05) is 32.0 Å². The van der Waals surface area contributed by atoms with Crippen LogP contribution in [0.2, 0.25) is 5.02 Å². The number of hydrogen-bond donors (Lipinski definition) is 0. The number of hydrogen-bond acceptors (Lipinski definition) is 6. The zero-order valence-corrected chi connectivity index (χ0v) is 18.9. The predicted octanol–water partition coefficient (Wildman–Crippen LogP) is 5.33. The van der Waals surface area contributed by atoms with Gasteiger partial charge in [0, 0.05) is 17.7 Å². The third kappa shape index (κ3) is 6.47. The van der Waals surface area contributed by atoms with Gasteiger partial charge < -0.3 is 19.0 Å². The van der Waals surface area contributed by atoms with Crippen molar-refractivity contribution in [2.45, 2.75) is 20.5 Å². The Morgan fingerprint density at radius 2 is 2.03 bits per heavy atom. The second-order valence-electron chi connectivity index (χ2n) is 6.58. The molecule has 0 N–H and O–H groups in total. The molecule has 0 saturated carbocycles. The van der Waals surface area contributed by atoms with Crippen LogP contribution in [0, 0.1) is 6.92 Å².